The van der Waals surface area contributed by atoms with Crippen molar-refractivity contribution in [2.24, 2.45) is 0 Å². The highest BCUT2D eigenvalue weighted by molar-refractivity contribution is 7.10. The van der Waals surface area contributed by atoms with Crippen molar-refractivity contribution in [3.63, 3.8) is 0 Å². The van der Waals surface area contributed by atoms with Crippen LogP contribution in [0.1, 0.15) is 16.0 Å². The number of aromatic nitrogens is 2. The third-order valence-corrected chi connectivity index (χ3v) is 3.04. The Balaban J connectivity index is 2.27. The number of aliphatic hydroxyl groups excluding tert-OH is 1. The van der Waals surface area contributed by atoms with Gasteiger partial charge in [0, 0.05) is 17.8 Å². The summed E-state index contributed by atoms with van der Waals surface area (Å²) in [5, 5.41) is 12.3. The topological polar surface area (TPSA) is 46.0 Å². The number of aliphatic hydroxyl groups is 1. The lowest BCUT2D eigenvalue weighted by atomic mass is 10.3. The molecule has 1 N–H and O–H groups in total. The quantitative estimate of drug-likeness (QED) is 0.798. The molecule has 0 aliphatic carbocycles. The maximum Gasteiger partial charge on any atom is 0.141 e. The first kappa shape index (κ1) is 7.85. The lowest BCUT2D eigenvalue weighted by molar-refractivity contribution is 0.223. The summed E-state index contributed by atoms with van der Waals surface area (Å²) in [7, 11) is 0. The van der Waals surface area contributed by atoms with Crippen LogP contribution in [0.15, 0.2) is 23.8 Å². The van der Waals surface area contributed by atoms with Gasteiger partial charge in [-0.1, -0.05) is 0 Å². The Morgan fingerprint density at radius 2 is 2.33 bits per heavy atom. The van der Waals surface area contributed by atoms with E-state index < -0.39 is 6.10 Å². The van der Waals surface area contributed by atoms with Crippen molar-refractivity contribution in [3.05, 3.63) is 33.7 Å². The van der Waals surface area contributed by atoms with Crippen LogP contribution in [0, 0.1) is 0 Å². The summed E-state index contributed by atoms with van der Waals surface area (Å²) < 4.78 is 3.91. The van der Waals surface area contributed by atoms with Gasteiger partial charge in [0.25, 0.3) is 0 Å². The maximum absolute atomic E-state index is 9.69. The number of hydrogen-bond acceptors (Lipinski definition) is 5. The van der Waals surface area contributed by atoms with Crippen LogP contribution in [-0.4, -0.2) is 14.5 Å². The molecule has 62 valence electrons. The second kappa shape index (κ2) is 3.30. The van der Waals surface area contributed by atoms with E-state index in [1.807, 2.05) is 5.38 Å². The highest BCUT2D eigenvalue weighted by Gasteiger charge is 2.13. The first-order chi connectivity index (χ1) is 5.88. The summed E-state index contributed by atoms with van der Waals surface area (Å²) in [5.41, 5.74) is 0. The third-order valence-electron chi connectivity index (χ3n) is 1.41. The average molecular weight is 198 g/mol. The molecule has 0 bridgehead atoms. The van der Waals surface area contributed by atoms with Crippen molar-refractivity contribution in [3.8, 4) is 0 Å². The van der Waals surface area contributed by atoms with Gasteiger partial charge in [0.15, 0.2) is 0 Å². The Morgan fingerprint density at radius 3 is 2.92 bits per heavy atom. The SMILES string of the molecule is OC(c1ccns1)c1nccs1. The van der Waals surface area contributed by atoms with Gasteiger partial charge in [-0.2, -0.15) is 0 Å². The van der Waals surface area contributed by atoms with E-state index in [4.69, 9.17) is 0 Å². The number of rotatable bonds is 2. The predicted octanol–water partition coefficient (Wildman–Crippen LogP) is 1.68. The zero-order chi connectivity index (χ0) is 8.39. The van der Waals surface area contributed by atoms with Crippen molar-refractivity contribution >= 4 is 22.9 Å². The highest BCUT2D eigenvalue weighted by atomic mass is 32.1. The van der Waals surface area contributed by atoms with Gasteiger partial charge in [-0.3, -0.25) is 0 Å². The Morgan fingerprint density at radius 1 is 1.42 bits per heavy atom. The lowest BCUT2D eigenvalue weighted by Gasteiger charge is -2.01. The van der Waals surface area contributed by atoms with Crippen LogP contribution in [-0.2, 0) is 0 Å². The van der Waals surface area contributed by atoms with Crippen LogP contribution in [0.4, 0.5) is 0 Å². The maximum atomic E-state index is 9.69. The summed E-state index contributed by atoms with van der Waals surface area (Å²) in [6.07, 6.45) is 2.76. The Hall–Kier alpha value is -0.780. The molecule has 1 atom stereocenters. The van der Waals surface area contributed by atoms with Crippen molar-refractivity contribution in [2.45, 2.75) is 6.10 Å². The van der Waals surface area contributed by atoms with Gasteiger partial charge < -0.3 is 5.11 Å². The molecule has 0 aromatic carbocycles. The number of nitrogens with zero attached hydrogens (tertiary/aromatic N) is 2. The van der Waals surface area contributed by atoms with Crippen molar-refractivity contribution in [2.75, 3.05) is 0 Å². The van der Waals surface area contributed by atoms with Gasteiger partial charge in [0.2, 0.25) is 0 Å². The second-order valence-corrected chi connectivity index (χ2v) is 3.98. The minimum atomic E-state index is -0.600. The Kier molecular flexibility index (Phi) is 2.16. The van der Waals surface area contributed by atoms with Crippen LogP contribution in [0.5, 0.6) is 0 Å². The molecule has 0 fully saturated rings. The van der Waals surface area contributed by atoms with Crippen LogP contribution in [0.25, 0.3) is 0 Å². The van der Waals surface area contributed by atoms with Gasteiger partial charge in [0.1, 0.15) is 11.1 Å². The molecule has 0 saturated heterocycles. The molecule has 2 rings (SSSR count). The van der Waals surface area contributed by atoms with Gasteiger partial charge in [-0.25, -0.2) is 9.36 Å². The average Bonchev–Trinajstić information content (AvgIpc) is 2.77. The zero-order valence-electron chi connectivity index (χ0n) is 6.04. The molecule has 0 spiro atoms. The zero-order valence-corrected chi connectivity index (χ0v) is 7.68. The monoisotopic (exact) mass is 198 g/mol. The highest BCUT2D eigenvalue weighted by Crippen LogP contribution is 2.25. The van der Waals surface area contributed by atoms with Gasteiger partial charge >= 0.3 is 0 Å². The molecule has 0 amide bonds. The van der Waals surface area contributed by atoms with Crippen LogP contribution < -0.4 is 0 Å². The molecule has 1 unspecified atom stereocenters. The van der Waals surface area contributed by atoms with E-state index in [1.165, 1.54) is 22.9 Å². The summed E-state index contributed by atoms with van der Waals surface area (Å²) in [5.74, 6) is 0. The molecule has 5 heteroatoms. The minimum Gasteiger partial charge on any atom is -0.380 e. The summed E-state index contributed by atoms with van der Waals surface area (Å²) >= 11 is 2.74. The Labute approximate surface area is 77.5 Å². The molecule has 0 radical (unpaired) electrons. The number of thiazole rings is 1. The van der Waals surface area contributed by atoms with E-state index in [0.29, 0.717) is 0 Å². The van der Waals surface area contributed by atoms with E-state index in [-0.39, 0.29) is 0 Å². The molecule has 2 aromatic rings. The molecule has 3 nitrogen and oxygen atoms in total. The van der Waals surface area contributed by atoms with E-state index >= 15 is 0 Å². The molecule has 0 saturated carbocycles. The fraction of sp³-hybridized carbons (Fsp3) is 0.143. The third kappa shape index (κ3) is 1.38. The fourth-order valence-electron chi connectivity index (χ4n) is 0.858. The first-order valence-corrected chi connectivity index (χ1v) is 5.01. The first-order valence-electron chi connectivity index (χ1n) is 3.36. The van der Waals surface area contributed by atoms with Crippen molar-refractivity contribution < 1.29 is 5.11 Å². The van der Waals surface area contributed by atoms with Gasteiger partial charge in [-0.05, 0) is 17.6 Å². The predicted molar refractivity (Wildman–Crippen MR) is 48.3 cm³/mol. The Bertz CT molecular complexity index is 296. The summed E-state index contributed by atoms with van der Waals surface area (Å²) in [6.45, 7) is 0. The smallest absolute Gasteiger partial charge is 0.141 e. The fourth-order valence-corrected chi connectivity index (χ4v) is 2.15. The van der Waals surface area contributed by atoms with E-state index in [9.17, 15) is 5.11 Å². The molecule has 12 heavy (non-hydrogen) atoms. The van der Waals surface area contributed by atoms with Crippen LogP contribution in [0.3, 0.4) is 0 Å². The normalized spacial score (nSPS) is 13.1. The van der Waals surface area contributed by atoms with Gasteiger partial charge in [0.05, 0.1) is 4.88 Å². The van der Waals surface area contributed by atoms with E-state index in [1.54, 1.807) is 18.5 Å². The van der Waals surface area contributed by atoms with Crippen molar-refractivity contribution in [1.29, 1.82) is 0 Å². The molecular weight excluding hydrogens is 192 g/mol. The molecule has 0 aliphatic rings. The molecular formula is C7H6N2OS2. The van der Waals surface area contributed by atoms with Crippen LogP contribution >= 0.6 is 22.9 Å². The largest absolute Gasteiger partial charge is 0.380 e. The summed E-state index contributed by atoms with van der Waals surface area (Å²) in [4.78, 5) is 4.86. The standard InChI is InChI=1S/C7H6N2OS2/c10-6(5-1-2-9-12-5)7-8-3-4-11-7/h1-4,6,10H. The lowest BCUT2D eigenvalue weighted by Crippen LogP contribution is -1.94. The van der Waals surface area contributed by atoms with E-state index in [2.05, 4.69) is 9.36 Å². The molecule has 0 aliphatic heterocycles. The second-order valence-electron chi connectivity index (χ2n) is 2.19. The van der Waals surface area contributed by atoms with Crippen molar-refractivity contribution in [1.82, 2.24) is 9.36 Å². The van der Waals surface area contributed by atoms with Crippen LogP contribution in [0.2, 0.25) is 0 Å². The number of hydrogen-bond donors (Lipinski definition) is 1. The molecule has 2 aromatic heterocycles. The summed E-state index contributed by atoms with van der Waals surface area (Å²) in [6, 6.07) is 1.80. The van der Waals surface area contributed by atoms with E-state index in [0.717, 1.165) is 9.88 Å². The molecule has 2 heterocycles. The minimum absolute atomic E-state index is 0.600. The van der Waals surface area contributed by atoms with Gasteiger partial charge in [-0.15, -0.1) is 11.3 Å².